The Bertz CT molecular complexity index is 355. The van der Waals surface area contributed by atoms with Gasteiger partial charge in [-0.15, -0.1) is 0 Å². The average molecular weight is 176 g/mol. The number of hydrogen-bond donors (Lipinski definition) is 1. The zero-order chi connectivity index (χ0) is 9.90. The predicted octanol–water partition coefficient (Wildman–Crippen LogP) is 0.907. The molecule has 0 aliphatic carbocycles. The molecule has 0 aliphatic heterocycles. The zero-order valence-corrected chi connectivity index (χ0v) is 8.00. The summed E-state index contributed by atoms with van der Waals surface area (Å²) in [5.41, 5.74) is 0.410. The molecular weight excluding hydrogens is 164 g/mol. The van der Waals surface area contributed by atoms with E-state index in [9.17, 15) is 5.11 Å². The molecule has 3 heteroatoms. The van der Waals surface area contributed by atoms with Crippen LogP contribution in [-0.2, 0) is 0 Å². The van der Waals surface area contributed by atoms with Crippen molar-refractivity contribution in [2.45, 2.75) is 26.4 Å². The second-order valence-electron chi connectivity index (χ2n) is 3.30. The molecule has 1 N–H and O–H groups in total. The van der Waals surface area contributed by atoms with E-state index < -0.39 is 5.60 Å². The molecule has 0 saturated heterocycles. The molecule has 1 aromatic heterocycles. The third kappa shape index (κ3) is 3.22. The van der Waals surface area contributed by atoms with Gasteiger partial charge in [-0.1, -0.05) is 5.92 Å². The van der Waals surface area contributed by atoms with Crippen molar-refractivity contribution in [3.8, 4) is 11.8 Å². The lowest BCUT2D eigenvalue weighted by Crippen LogP contribution is -2.14. The molecule has 1 heterocycles. The van der Waals surface area contributed by atoms with Crippen molar-refractivity contribution in [3.05, 3.63) is 23.8 Å². The summed E-state index contributed by atoms with van der Waals surface area (Å²) in [5, 5.41) is 9.35. The number of aliphatic hydroxyl groups is 1. The van der Waals surface area contributed by atoms with Gasteiger partial charge >= 0.3 is 0 Å². The van der Waals surface area contributed by atoms with E-state index in [0.29, 0.717) is 5.69 Å². The maximum atomic E-state index is 9.35. The maximum Gasteiger partial charge on any atom is 0.134 e. The summed E-state index contributed by atoms with van der Waals surface area (Å²) in [4.78, 5) is 8.07. The molecule has 0 spiro atoms. The van der Waals surface area contributed by atoms with Crippen LogP contribution >= 0.6 is 0 Å². The summed E-state index contributed by atoms with van der Waals surface area (Å²) in [6.45, 7) is 5.10. The highest BCUT2D eigenvalue weighted by Crippen LogP contribution is 2.00. The first-order chi connectivity index (χ1) is 5.99. The van der Waals surface area contributed by atoms with Gasteiger partial charge in [-0.25, -0.2) is 4.98 Å². The number of aromatic nitrogens is 2. The van der Waals surface area contributed by atoms with E-state index in [4.69, 9.17) is 0 Å². The first-order valence-corrected chi connectivity index (χ1v) is 4.02. The third-order valence-electron chi connectivity index (χ3n) is 1.37. The molecule has 0 saturated carbocycles. The van der Waals surface area contributed by atoms with Gasteiger partial charge < -0.3 is 5.11 Å². The van der Waals surface area contributed by atoms with Crippen LogP contribution in [0.1, 0.15) is 25.2 Å². The number of hydrogen-bond acceptors (Lipinski definition) is 3. The molecule has 1 aromatic rings. The number of rotatable bonds is 0. The standard InChI is InChI=1S/C10H12N2O/c1-8-9(12-7-6-11-8)4-5-10(2,3)13/h6-7,13H,1-3H3. The molecule has 13 heavy (non-hydrogen) atoms. The van der Waals surface area contributed by atoms with E-state index in [2.05, 4.69) is 21.8 Å². The average Bonchev–Trinajstić information content (AvgIpc) is 2.01. The van der Waals surface area contributed by atoms with Gasteiger partial charge in [-0.2, -0.15) is 0 Å². The fourth-order valence-corrected chi connectivity index (χ4v) is 0.742. The molecular formula is C10H12N2O. The Labute approximate surface area is 77.9 Å². The van der Waals surface area contributed by atoms with Crippen LogP contribution in [0.3, 0.4) is 0 Å². The van der Waals surface area contributed by atoms with E-state index in [0.717, 1.165) is 5.69 Å². The molecule has 3 nitrogen and oxygen atoms in total. The van der Waals surface area contributed by atoms with Crippen molar-refractivity contribution < 1.29 is 5.11 Å². The van der Waals surface area contributed by atoms with Crippen molar-refractivity contribution in [1.82, 2.24) is 9.97 Å². The Morgan fingerprint density at radius 3 is 2.46 bits per heavy atom. The molecule has 1 rings (SSSR count). The van der Waals surface area contributed by atoms with Gasteiger partial charge in [0, 0.05) is 12.4 Å². The van der Waals surface area contributed by atoms with Gasteiger partial charge in [-0.3, -0.25) is 4.98 Å². The molecule has 0 atom stereocenters. The maximum absolute atomic E-state index is 9.35. The smallest absolute Gasteiger partial charge is 0.134 e. The molecule has 68 valence electrons. The normalized spacial score (nSPS) is 10.5. The number of nitrogens with zero attached hydrogens (tertiary/aromatic N) is 2. The minimum atomic E-state index is -0.982. The quantitative estimate of drug-likeness (QED) is 0.597. The Hall–Kier alpha value is -1.40. The molecule has 0 fully saturated rings. The summed E-state index contributed by atoms with van der Waals surface area (Å²) < 4.78 is 0. The second kappa shape index (κ2) is 3.55. The summed E-state index contributed by atoms with van der Waals surface area (Å²) in [6, 6.07) is 0. The highest BCUT2D eigenvalue weighted by atomic mass is 16.3. The van der Waals surface area contributed by atoms with Crippen LogP contribution in [0.15, 0.2) is 12.4 Å². The number of aryl methyl sites for hydroxylation is 1. The minimum absolute atomic E-state index is 0.615. The van der Waals surface area contributed by atoms with Crippen molar-refractivity contribution in [1.29, 1.82) is 0 Å². The van der Waals surface area contributed by atoms with Gasteiger partial charge in [0.2, 0.25) is 0 Å². The predicted molar refractivity (Wildman–Crippen MR) is 49.9 cm³/mol. The summed E-state index contributed by atoms with van der Waals surface area (Å²) >= 11 is 0. The SMILES string of the molecule is Cc1nccnc1C#CC(C)(C)O. The van der Waals surface area contributed by atoms with Gasteiger partial charge in [0.15, 0.2) is 0 Å². The molecule has 0 aliphatic rings. The van der Waals surface area contributed by atoms with Crippen LogP contribution in [0.25, 0.3) is 0 Å². The summed E-state index contributed by atoms with van der Waals surface area (Å²) in [6.07, 6.45) is 3.20. The van der Waals surface area contributed by atoms with Crippen LogP contribution in [0, 0.1) is 18.8 Å². The lowest BCUT2D eigenvalue weighted by molar-refractivity contribution is 0.143. The summed E-state index contributed by atoms with van der Waals surface area (Å²) in [5.74, 6) is 5.46. The second-order valence-corrected chi connectivity index (χ2v) is 3.30. The monoisotopic (exact) mass is 176 g/mol. The first kappa shape index (κ1) is 9.69. The lowest BCUT2D eigenvalue weighted by Gasteiger charge is -2.05. The Balaban J connectivity index is 2.97. The van der Waals surface area contributed by atoms with E-state index in [1.54, 1.807) is 26.2 Å². The molecule has 0 amide bonds. The van der Waals surface area contributed by atoms with Crippen molar-refractivity contribution in [2.75, 3.05) is 0 Å². The van der Waals surface area contributed by atoms with E-state index in [-0.39, 0.29) is 0 Å². The molecule has 0 unspecified atom stereocenters. The third-order valence-corrected chi connectivity index (χ3v) is 1.37. The van der Waals surface area contributed by atoms with E-state index >= 15 is 0 Å². The largest absolute Gasteiger partial charge is 0.378 e. The van der Waals surface area contributed by atoms with Crippen LogP contribution < -0.4 is 0 Å². The van der Waals surface area contributed by atoms with Crippen LogP contribution in [-0.4, -0.2) is 20.7 Å². The van der Waals surface area contributed by atoms with Gasteiger partial charge in [0.05, 0.1) is 5.69 Å². The Morgan fingerprint density at radius 1 is 1.31 bits per heavy atom. The van der Waals surface area contributed by atoms with Gasteiger partial charge in [0.25, 0.3) is 0 Å². The minimum Gasteiger partial charge on any atom is -0.378 e. The van der Waals surface area contributed by atoms with Crippen LogP contribution in [0.2, 0.25) is 0 Å². The fraction of sp³-hybridized carbons (Fsp3) is 0.400. The molecule has 0 bridgehead atoms. The fourth-order valence-electron chi connectivity index (χ4n) is 0.742. The highest BCUT2D eigenvalue weighted by molar-refractivity contribution is 5.32. The molecule has 0 aromatic carbocycles. The first-order valence-electron chi connectivity index (χ1n) is 4.02. The van der Waals surface area contributed by atoms with Crippen molar-refractivity contribution in [3.63, 3.8) is 0 Å². The van der Waals surface area contributed by atoms with E-state index in [1.807, 2.05) is 6.92 Å². The zero-order valence-electron chi connectivity index (χ0n) is 8.00. The lowest BCUT2D eigenvalue weighted by atomic mass is 10.1. The van der Waals surface area contributed by atoms with E-state index in [1.165, 1.54) is 0 Å². The molecule has 0 radical (unpaired) electrons. The van der Waals surface area contributed by atoms with Gasteiger partial charge in [-0.05, 0) is 26.7 Å². The van der Waals surface area contributed by atoms with Gasteiger partial charge in [0.1, 0.15) is 11.3 Å². The topological polar surface area (TPSA) is 46.0 Å². The highest BCUT2D eigenvalue weighted by Gasteiger charge is 2.06. The van der Waals surface area contributed by atoms with Crippen LogP contribution in [0.4, 0.5) is 0 Å². The van der Waals surface area contributed by atoms with Crippen molar-refractivity contribution in [2.24, 2.45) is 0 Å². The Morgan fingerprint density at radius 2 is 1.92 bits per heavy atom. The summed E-state index contributed by atoms with van der Waals surface area (Å²) in [7, 11) is 0. The van der Waals surface area contributed by atoms with Crippen LogP contribution in [0.5, 0.6) is 0 Å². The van der Waals surface area contributed by atoms with Crippen molar-refractivity contribution >= 4 is 0 Å². The Kier molecular flexibility index (Phi) is 2.64.